The molecule has 0 aromatic rings. The summed E-state index contributed by atoms with van der Waals surface area (Å²) in [7, 11) is 1.58. The molecule has 6 heteroatoms. The Morgan fingerprint density at radius 3 is 2.47 bits per heavy atom. The van der Waals surface area contributed by atoms with Crippen LogP contribution in [0, 0.1) is 0 Å². The van der Waals surface area contributed by atoms with E-state index < -0.39 is 17.5 Å². The number of carbonyl (C=O) groups excluding carboxylic acids is 1. The van der Waals surface area contributed by atoms with E-state index in [0.29, 0.717) is 19.6 Å². The third-order valence-corrected chi connectivity index (χ3v) is 1.77. The van der Waals surface area contributed by atoms with Gasteiger partial charge in [-0.1, -0.05) is 0 Å². The molecule has 0 rings (SSSR count). The molecule has 0 spiro atoms. The van der Waals surface area contributed by atoms with Crippen LogP contribution in [0.5, 0.6) is 0 Å². The lowest BCUT2D eigenvalue weighted by molar-refractivity contribution is -0.142. The number of carboxylic acids is 1. The normalized spacial score (nSPS) is 10.9. The molecular weight excluding hydrogens is 200 g/mol. The predicted octanol–water partition coefficient (Wildman–Crippen LogP) is 0.185. The van der Waals surface area contributed by atoms with Crippen molar-refractivity contribution in [2.45, 2.75) is 25.8 Å². The molecule has 0 aliphatic rings. The van der Waals surface area contributed by atoms with Crippen LogP contribution in [0.25, 0.3) is 0 Å². The fourth-order valence-corrected chi connectivity index (χ4v) is 0.800. The molecule has 3 N–H and O–H groups in total. The number of urea groups is 1. The minimum atomic E-state index is -1.26. The molecule has 6 nitrogen and oxygen atoms in total. The summed E-state index contributed by atoms with van der Waals surface area (Å²) in [4.78, 5) is 21.9. The molecular formula is C9H18N2O4. The zero-order valence-corrected chi connectivity index (χ0v) is 9.29. The van der Waals surface area contributed by atoms with Gasteiger partial charge < -0.3 is 20.5 Å². The van der Waals surface area contributed by atoms with Crippen molar-refractivity contribution in [1.29, 1.82) is 0 Å². The molecule has 88 valence electrons. The fourth-order valence-electron chi connectivity index (χ4n) is 0.800. The first-order chi connectivity index (χ1) is 6.90. The summed E-state index contributed by atoms with van der Waals surface area (Å²) in [6.45, 7) is 3.85. The quantitative estimate of drug-likeness (QED) is 0.555. The zero-order chi connectivity index (χ0) is 11.9. The Morgan fingerprint density at radius 1 is 1.40 bits per heavy atom. The van der Waals surface area contributed by atoms with Gasteiger partial charge in [-0.15, -0.1) is 0 Å². The van der Waals surface area contributed by atoms with Crippen LogP contribution < -0.4 is 10.6 Å². The highest BCUT2D eigenvalue weighted by atomic mass is 16.5. The average Bonchev–Trinajstić information content (AvgIpc) is 2.11. The summed E-state index contributed by atoms with van der Waals surface area (Å²) >= 11 is 0. The first-order valence-electron chi connectivity index (χ1n) is 4.68. The van der Waals surface area contributed by atoms with Crippen molar-refractivity contribution >= 4 is 12.0 Å². The average molecular weight is 218 g/mol. The number of methoxy groups -OCH3 is 1. The third kappa shape index (κ3) is 5.90. The van der Waals surface area contributed by atoms with E-state index in [1.54, 1.807) is 7.11 Å². The highest BCUT2D eigenvalue weighted by Gasteiger charge is 2.28. The van der Waals surface area contributed by atoms with Crippen molar-refractivity contribution in [3.63, 3.8) is 0 Å². The molecule has 2 amide bonds. The Balaban J connectivity index is 3.79. The lowest BCUT2D eigenvalue weighted by atomic mass is 10.1. The first-order valence-corrected chi connectivity index (χ1v) is 4.68. The third-order valence-electron chi connectivity index (χ3n) is 1.77. The number of hydrogen-bond acceptors (Lipinski definition) is 3. The Morgan fingerprint density at radius 2 is 2.00 bits per heavy atom. The van der Waals surface area contributed by atoms with Crippen molar-refractivity contribution in [3.05, 3.63) is 0 Å². The summed E-state index contributed by atoms with van der Waals surface area (Å²) in [5.74, 6) is -1.07. The second-order valence-corrected chi connectivity index (χ2v) is 3.66. The zero-order valence-electron chi connectivity index (χ0n) is 9.29. The second-order valence-electron chi connectivity index (χ2n) is 3.66. The van der Waals surface area contributed by atoms with E-state index in [9.17, 15) is 9.59 Å². The van der Waals surface area contributed by atoms with E-state index in [2.05, 4.69) is 10.6 Å². The van der Waals surface area contributed by atoms with Crippen LogP contribution in [0.4, 0.5) is 4.79 Å². The van der Waals surface area contributed by atoms with Gasteiger partial charge in [0.15, 0.2) is 0 Å². The number of nitrogens with one attached hydrogen (secondary N) is 2. The van der Waals surface area contributed by atoms with Gasteiger partial charge in [0, 0.05) is 20.3 Å². The van der Waals surface area contributed by atoms with Gasteiger partial charge in [-0.2, -0.15) is 0 Å². The van der Waals surface area contributed by atoms with Gasteiger partial charge >= 0.3 is 12.0 Å². The summed E-state index contributed by atoms with van der Waals surface area (Å²) in [6, 6.07) is -0.487. The summed E-state index contributed by atoms with van der Waals surface area (Å²) in [6.07, 6.45) is 0.692. The highest BCUT2D eigenvalue weighted by Crippen LogP contribution is 2.00. The highest BCUT2D eigenvalue weighted by molar-refractivity contribution is 5.85. The van der Waals surface area contributed by atoms with Crippen LogP contribution in [0.1, 0.15) is 20.3 Å². The van der Waals surface area contributed by atoms with Crippen LogP contribution in [-0.2, 0) is 9.53 Å². The van der Waals surface area contributed by atoms with E-state index in [4.69, 9.17) is 9.84 Å². The number of amides is 2. The van der Waals surface area contributed by atoms with Gasteiger partial charge in [-0.05, 0) is 20.3 Å². The lowest BCUT2D eigenvalue weighted by Crippen LogP contribution is -2.53. The van der Waals surface area contributed by atoms with Gasteiger partial charge in [0.05, 0.1) is 0 Å². The fraction of sp³-hybridized carbons (Fsp3) is 0.778. The van der Waals surface area contributed by atoms with Gasteiger partial charge in [-0.3, -0.25) is 0 Å². The van der Waals surface area contributed by atoms with Crippen LogP contribution in [-0.4, -0.2) is 42.9 Å². The maximum Gasteiger partial charge on any atom is 0.328 e. The lowest BCUT2D eigenvalue weighted by Gasteiger charge is -2.21. The molecule has 0 atom stereocenters. The minimum Gasteiger partial charge on any atom is -0.480 e. The first kappa shape index (κ1) is 13.7. The smallest absolute Gasteiger partial charge is 0.328 e. The monoisotopic (exact) mass is 218 g/mol. The van der Waals surface area contributed by atoms with E-state index in [0.717, 1.165) is 0 Å². The Bertz CT molecular complexity index is 228. The molecule has 0 fully saturated rings. The van der Waals surface area contributed by atoms with E-state index in [1.807, 2.05) is 0 Å². The standard InChI is InChI=1S/C9H18N2O4/c1-9(2,7(12)13)11-8(14)10-5-4-6-15-3/h4-6H2,1-3H3,(H,12,13)(H2,10,11,14). The number of carboxylic acid groups (broad SMARTS) is 1. The SMILES string of the molecule is COCCCNC(=O)NC(C)(C)C(=O)O. The Labute approximate surface area is 89.0 Å². The van der Waals surface area contributed by atoms with Gasteiger partial charge in [0.25, 0.3) is 0 Å². The van der Waals surface area contributed by atoms with Gasteiger partial charge in [-0.25, -0.2) is 9.59 Å². The van der Waals surface area contributed by atoms with Crippen molar-refractivity contribution in [2.24, 2.45) is 0 Å². The van der Waals surface area contributed by atoms with Gasteiger partial charge in [0.1, 0.15) is 5.54 Å². The van der Waals surface area contributed by atoms with Crippen LogP contribution in [0.15, 0.2) is 0 Å². The minimum absolute atomic E-state index is 0.454. The number of hydrogen-bond donors (Lipinski definition) is 3. The Hall–Kier alpha value is -1.30. The molecule has 0 radical (unpaired) electrons. The molecule has 15 heavy (non-hydrogen) atoms. The number of ether oxygens (including phenoxy) is 1. The van der Waals surface area contributed by atoms with Crippen LogP contribution >= 0.6 is 0 Å². The molecule has 0 saturated heterocycles. The van der Waals surface area contributed by atoms with E-state index in [-0.39, 0.29) is 0 Å². The number of rotatable bonds is 6. The topological polar surface area (TPSA) is 87.7 Å². The predicted molar refractivity (Wildman–Crippen MR) is 54.7 cm³/mol. The van der Waals surface area contributed by atoms with Crippen LogP contribution in [0.3, 0.4) is 0 Å². The van der Waals surface area contributed by atoms with Gasteiger partial charge in [0.2, 0.25) is 0 Å². The molecule has 0 saturated carbocycles. The molecule has 0 bridgehead atoms. The van der Waals surface area contributed by atoms with E-state index >= 15 is 0 Å². The largest absolute Gasteiger partial charge is 0.480 e. The molecule has 0 aliphatic heterocycles. The maximum atomic E-state index is 11.2. The summed E-state index contributed by atoms with van der Waals surface area (Å²) in [5.41, 5.74) is -1.26. The maximum absolute atomic E-state index is 11.2. The number of aliphatic carboxylic acids is 1. The van der Waals surface area contributed by atoms with Crippen LogP contribution in [0.2, 0.25) is 0 Å². The molecule has 0 aromatic carbocycles. The van der Waals surface area contributed by atoms with Crippen molar-refractivity contribution in [1.82, 2.24) is 10.6 Å². The van der Waals surface area contributed by atoms with Crippen molar-refractivity contribution < 1.29 is 19.4 Å². The summed E-state index contributed by atoms with van der Waals surface area (Å²) < 4.78 is 4.80. The van der Waals surface area contributed by atoms with Crippen molar-refractivity contribution in [2.75, 3.05) is 20.3 Å². The Kier molecular flexibility index (Phi) is 5.69. The molecule has 0 aromatic heterocycles. The molecule has 0 heterocycles. The molecule has 0 unspecified atom stereocenters. The second kappa shape index (κ2) is 6.23. The van der Waals surface area contributed by atoms with E-state index in [1.165, 1.54) is 13.8 Å². The summed E-state index contributed by atoms with van der Waals surface area (Å²) in [5, 5.41) is 13.6. The van der Waals surface area contributed by atoms with Crippen molar-refractivity contribution in [3.8, 4) is 0 Å². The molecule has 0 aliphatic carbocycles. The number of carbonyl (C=O) groups is 2.